The molecule has 0 unspecified atom stereocenters. The lowest BCUT2D eigenvalue weighted by Crippen LogP contribution is -2.22. The molecule has 2 N–H and O–H groups in total. The van der Waals surface area contributed by atoms with E-state index in [1.54, 1.807) is 9.97 Å². The molecule has 0 saturated carbocycles. The van der Waals surface area contributed by atoms with Crippen LogP contribution < -0.4 is 11.2 Å². The minimum atomic E-state index is -0.927. The first-order valence-electron chi connectivity index (χ1n) is 2.17. The number of rotatable bonds is 0. The lowest BCUT2D eigenvalue weighted by Gasteiger charge is -1.81. The Kier molecular flexibility index (Phi) is 1.18. The van der Waals surface area contributed by atoms with Gasteiger partial charge >= 0.3 is 5.69 Å². The van der Waals surface area contributed by atoms with Gasteiger partial charge in [0.1, 0.15) is 0 Å². The molecule has 0 atom stereocenters. The second-order valence-electron chi connectivity index (χ2n) is 1.44. The van der Waals surface area contributed by atoms with Gasteiger partial charge in [-0.15, -0.1) is 0 Å². The fourth-order valence-corrected chi connectivity index (χ4v) is 0.439. The Balaban J connectivity index is 3.52. The summed E-state index contributed by atoms with van der Waals surface area (Å²) in [6.45, 7) is 0. The topological polar surface area (TPSA) is 65.7 Å². The van der Waals surface area contributed by atoms with Crippen LogP contribution in [0.15, 0.2) is 15.7 Å². The van der Waals surface area contributed by atoms with E-state index in [2.05, 4.69) is 0 Å². The van der Waals surface area contributed by atoms with E-state index in [0.717, 1.165) is 0 Å². The summed E-state index contributed by atoms with van der Waals surface area (Å²) >= 11 is 0. The van der Waals surface area contributed by atoms with Gasteiger partial charge in [-0.25, -0.2) is 4.79 Å². The first-order chi connectivity index (χ1) is 4.18. The second kappa shape index (κ2) is 1.85. The molecule has 0 bridgehead atoms. The highest BCUT2D eigenvalue weighted by molar-refractivity contribution is 4.81. The van der Waals surface area contributed by atoms with Gasteiger partial charge in [0, 0.05) is 0 Å². The van der Waals surface area contributed by atoms with Crippen LogP contribution in [0.1, 0.15) is 0 Å². The summed E-state index contributed by atoms with van der Waals surface area (Å²) in [6, 6.07) is 0.654. The Hall–Kier alpha value is -1.39. The molecule has 9 heavy (non-hydrogen) atoms. The maximum atomic E-state index is 12.0. The van der Waals surface area contributed by atoms with Gasteiger partial charge in [0.2, 0.25) is 5.95 Å². The highest BCUT2D eigenvalue weighted by atomic mass is 19.1. The normalized spacial score (nSPS) is 9.44. The van der Waals surface area contributed by atoms with Crippen LogP contribution in [-0.2, 0) is 0 Å². The minimum Gasteiger partial charge on any atom is -0.284 e. The van der Waals surface area contributed by atoms with Crippen molar-refractivity contribution in [3.05, 3.63) is 32.9 Å². The highest BCUT2D eigenvalue weighted by Gasteiger charge is 1.90. The summed E-state index contributed by atoms with van der Waals surface area (Å²) in [4.78, 5) is 23.9. The van der Waals surface area contributed by atoms with Crippen LogP contribution in [0.4, 0.5) is 4.39 Å². The van der Waals surface area contributed by atoms with E-state index in [0.29, 0.717) is 6.07 Å². The molecule has 4 nitrogen and oxygen atoms in total. The summed E-state index contributed by atoms with van der Waals surface area (Å²) in [7, 11) is 0. The van der Waals surface area contributed by atoms with Gasteiger partial charge in [0.15, 0.2) is 0 Å². The minimum absolute atomic E-state index is 0.654. The van der Waals surface area contributed by atoms with E-state index < -0.39 is 17.2 Å². The van der Waals surface area contributed by atoms with Crippen LogP contribution in [0.3, 0.4) is 0 Å². The molecule has 1 aromatic heterocycles. The zero-order valence-electron chi connectivity index (χ0n) is 4.27. The van der Waals surface area contributed by atoms with Gasteiger partial charge in [-0.05, 0) is 0 Å². The van der Waals surface area contributed by atoms with Crippen LogP contribution in [-0.4, -0.2) is 9.97 Å². The van der Waals surface area contributed by atoms with Crippen LogP contribution >= 0.6 is 0 Å². The van der Waals surface area contributed by atoms with Gasteiger partial charge in [0.25, 0.3) is 5.56 Å². The first kappa shape index (κ1) is 5.74. The molecule has 0 spiro atoms. The molecule has 0 saturated heterocycles. The molecule has 1 rings (SSSR count). The van der Waals surface area contributed by atoms with Gasteiger partial charge in [0.05, 0.1) is 6.07 Å². The molecule has 0 aromatic carbocycles. The highest BCUT2D eigenvalue weighted by Crippen LogP contribution is 1.74. The first-order valence-corrected chi connectivity index (χ1v) is 2.17. The fraction of sp³-hybridized carbons (Fsp3) is 0. The third-order valence-corrected chi connectivity index (χ3v) is 0.727. The lowest BCUT2D eigenvalue weighted by molar-refractivity contribution is 0.570. The molecular formula is C4H3FN2O2. The largest absolute Gasteiger partial charge is 0.327 e. The molecule has 0 amide bonds. The number of aromatic nitrogens is 2. The average Bonchev–Trinajstić information content (AvgIpc) is 1.59. The molecule has 0 aliphatic heterocycles. The van der Waals surface area contributed by atoms with Crippen molar-refractivity contribution in [3.63, 3.8) is 0 Å². The van der Waals surface area contributed by atoms with Crippen molar-refractivity contribution in [2.75, 3.05) is 0 Å². The van der Waals surface area contributed by atoms with Crippen molar-refractivity contribution in [3.8, 4) is 0 Å². The zero-order valence-corrected chi connectivity index (χ0v) is 4.27. The Labute approximate surface area is 48.4 Å². The average molecular weight is 130 g/mol. The van der Waals surface area contributed by atoms with Crippen molar-refractivity contribution in [1.29, 1.82) is 0 Å². The summed E-state index contributed by atoms with van der Waals surface area (Å²) in [6.07, 6.45) is 0. The van der Waals surface area contributed by atoms with E-state index in [9.17, 15) is 14.0 Å². The molecule has 0 radical (unpaired) electrons. The zero-order chi connectivity index (χ0) is 6.85. The SMILES string of the molecule is O=c1cc(F)[nH]c(=O)[nH]1. The number of hydrogen-bond acceptors (Lipinski definition) is 2. The van der Waals surface area contributed by atoms with Gasteiger partial charge in [-0.1, -0.05) is 0 Å². The standard InChI is InChI=1S/C4H3FN2O2/c5-2-1-3(8)7-4(9)6-2/h1H,(H2,6,7,8,9). The molecule has 0 fully saturated rings. The van der Waals surface area contributed by atoms with Crippen molar-refractivity contribution in [1.82, 2.24) is 9.97 Å². The van der Waals surface area contributed by atoms with Crippen LogP contribution in [0.5, 0.6) is 0 Å². The monoisotopic (exact) mass is 130 g/mol. The Morgan fingerprint density at radius 2 is 2.00 bits per heavy atom. The van der Waals surface area contributed by atoms with Crippen LogP contribution in [0, 0.1) is 5.95 Å². The van der Waals surface area contributed by atoms with Crippen LogP contribution in [0.25, 0.3) is 0 Å². The number of hydrogen-bond donors (Lipinski definition) is 2. The quantitative estimate of drug-likeness (QED) is 0.451. The molecule has 48 valence electrons. The van der Waals surface area contributed by atoms with Crippen LogP contribution in [0.2, 0.25) is 0 Å². The number of nitrogens with one attached hydrogen (secondary N) is 2. The fourth-order valence-electron chi connectivity index (χ4n) is 0.439. The van der Waals surface area contributed by atoms with Crippen molar-refractivity contribution < 1.29 is 4.39 Å². The maximum Gasteiger partial charge on any atom is 0.327 e. The van der Waals surface area contributed by atoms with Gasteiger partial charge in [-0.3, -0.25) is 14.8 Å². The molecule has 1 heterocycles. The molecule has 5 heteroatoms. The maximum absolute atomic E-state index is 12.0. The van der Waals surface area contributed by atoms with Gasteiger partial charge in [-0.2, -0.15) is 4.39 Å². The third-order valence-electron chi connectivity index (χ3n) is 0.727. The molecular weight excluding hydrogens is 127 g/mol. The Morgan fingerprint density at radius 1 is 1.33 bits per heavy atom. The third kappa shape index (κ3) is 1.25. The van der Waals surface area contributed by atoms with E-state index >= 15 is 0 Å². The molecule has 0 aliphatic rings. The summed E-state index contributed by atoms with van der Waals surface area (Å²) in [5, 5.41) is 0. The second-order valence-corrected chi connectivity index (χ2v) is 1.44. The predicted molar refractivity (Wildman–Crippen MR) is 27.6 cm³/mol. The molecule has 1 aromatic rings. The number of aromatic amines is 2. The van der Waals surface area contributed by atoms with E-state index in [1.165, 1.54) is 0 Å². The van der Waals surface area contributed by atoms with E-state index in [-0.39, 0.29) is 0 Å². The lowest BCUT2D eigenvalue weighted by atomic mass is 10.6. The predicted octanol–water partition coefficient (Wildman–Crippen LogP) is -0.798. The van der Waals surface area contributed by atoms with Gasteiger partial charge < -0.3 is 0 Å². The molecule has 0 aliphatic carbocycles. The van der Waals surface area contributed by atoms with E-state index in [1.807, 2.05) is 0 Å². The number of H-pyrrole nitrogens is 2. The smallest absolute Gasteiger partial charge is 0.284 e. The van der Waals surface area contributed by atoms with Crippen molar-refractivity contribution in [2.45, 2.75) is 0 Å². The van der Waals surface area contributed by atoms with Crippen molar-refractivity contribution in [2.24, 2.45) is 0 Å². The Bertz CT molecular complexity index is 285. The summed E-state index contributed by atoms with van der Waals surface area (Å²) in [5.41, 5.74) is -1.57. The van der Waals surface area contributed by atoms with Crippen molar-refractivity contribution >= 4 is 0 Å². The number of halogens is 1. The van der Waals surface area contributed by atoms with E-state index in [4.69, 9.17) is 0 Å². The summed E-state index contributed by atoms with van der Waals surface area (Å²) in [5.74, 6) is -0.927. The summed E-state index contributed by atoms with van der Waals surface area (Å²) < 4.78 is 12.0. The Morgan fingerprint density at radius 3 is 2.44 bits per heavy atom.